The van der Waals surface area contributed by atoms with Gasteiger partial charge in [0.1, 0.15) is 5.82 Å². The van der Waals surface area contributed by atoms with E-state index in [4.69, 9.17) is 16.3 Å². The summed E-state index contributed by atoms with van der Waals surface area (Å²) in [7, 11) is -3.41. The molecule has 1 saturated heterocycles. The highest BCUT2D eigenvalue weighted by molar-refractivity contribution is 7.91. The fourth-order valence-corrected chi connectivity index (χ4v) is 2.87. The van der Waals surface area contributed by atoms with E-state index in [9.17, 15) is 12.8 Å². The highest BCUT2D eigenvalue weighted by Gasteiger charge is 2.30. The Labute approximate surface area is 91.7 Å². The Morgan fingerprint density at radius 3 is 2.73 bits per heavy atom. The molecule has 82 valence electrons. The second-order valence-electron chi connectivity index (χ2n) is 3.31. The Hall–Kier alpha value is -0.650. The van der Waals surface area contributed by atoms with Crippen molar-refractivity contribution in [2.45, 2.75) is 11.0 Å². The molecule has 3 nitrogen and oxygen atoms in total. The lowest BCUT2D eigenvalue weighted by Gasteiger charge is -2.03. The Kier molecular flexibility index (Phi) is 2.70. The normalized spacial score (nSPS) is 20.3. The van der Waals surface area contributed by atoms with Crippen LogP contribution >= 0.6 is 11.6 Å². The minimum Gasteiger partial charge on any atom is -0.372 e. The molecular formula is C9H8ClFO3S. The van der Waals surface area contributed by atoms with Crippen LogP contribution < -0.4 is 0 Å². The van der Waals surface area contributed by atoms with E-state index in [-0.39, 0.29) is 21.8 Å². The Bertz CT molecular complexity index is 482. The van der Waals surface area contributed by atoms with Crippen molar-refractivity contribution < 1.29 is 17.5 Å². The zero-order valence-electron chi connectivity index (χ0n) is 7.61. The first-order chi connectivity index (χ1) is 6.99. The van der Waals surface area contributed by atoms with Crippen molar-refractivity contribution in [3.8, 4) is 0 Å². The molecule has 0 radical (unpaired) electrons. The van der Waals surface area contributed by atoms with Crippen molar-refractivity contribution in [2.75, 3.05) is 12.4 Å². The number of halogens is 2. The predicted molar refractivity (Wildman–Crippen MR) is 53.2 cm³/mol. The van der Waals surface area contributed by atoms with Crippen molar-refractivity contribution in [1.82, 2.24) is 0 Å². The lowest BCUT2D eigenvalue weighted by Crippen LogP contribution is -2.11. The maximum absolute atomic E-state index is 12.8. The maximum atomic E-state index is 12.8. The number of sulfone groups is 1. The highest BCUT2D eigenvalue weighted by Crippen LogP contribution is 2.23. The third kappa shape index (κ3) is 2.48. The third-order valence-corrected chi connectivity index (χ3v) is 4.13. The van der Waals surface area contributed by atoms with Crippen molar-refractivity contribution >= 4 is 21.4 Å². The SMILES string of the molecule is O=S(=O)(CC1CO1)c1ccc(F)c(Cl)c1. The highest BCUT2D eigenvalue weighted by atomic mass is 35.5. The van der Waals surface area contributed by atoms with Crippen LogP contribution in [0.15, 0.2) is 23.1 Å². The maximum Gasteiger partial charge on any atom is 0.181 e. The standard InChI is InChI=1S/C9H8ClFO3S/c10-8-3-7(1-2-9(8)11)15(12,13)5-6-4-14-6/h1-3,6H,4-5H2. The molecule has 0 bridgehead atoms. The van der Waals surface area contributed by atoms with Gasteiger partial charge in [-0.3, -0.25) is 0 Å². The number of hydrogen-bond acceptors (Lipinski definition) is 3. The molecule has 1 aromatic carbocycles. The van der Waals surface area contributed by atoms with Gasteiger partial charge in [-0.25, -0.2) is 12.8 Å². The second kappa shape index (κ2) is 3.73. The zero-order chi connectivity index (χ0) is 11.1. The van der Waals surface area contributed by atoms with Crippen LogP contribution in [0.1, 0.15) is 0 Å². The smallest absolute Gasteiger partial charge is 0.181 e. The Morgan fingerprint density at radius 1 is 1.53 bits per heavy atom. The van der Waals surface area contributed by atoms with Gasteiger partial charge in [0.05, 0.1) is 28.4 Å². The summed E-state index contributed by atoms with van der Waals surface area (Å²) in [6, 6.07) is 3.37. The van der Waals surface area contributed by atoms with Gasteiger partial charge in [-0.05, 0) is 18.2 Å². The van der Waals surface area contributed by atoms with Gasteiger partial charge in [0, 0.05) is 0 Å². The van der Waals surface area contributed by atoms with E-state index in [1.165, 1.54) is 6.07 Å². The number of rotatable bonds is 3. The van der Waals surface area contributed by atoms with Crippen LogP contribution in [0.5, 0.6) is 0 Å². The van der Waals surface area contributed by atoms with Crippen LogP contribution in [-0.4, -0.2) is 26.9 Å². The molecule has 15 heavy (non-hydrogen) atoms. The third-order valence-electron chi connectivity index (χ3n) is 2.06. The molecule has 0 aromatic heterocycles. The monoisotopic (exact) mass is 250 g/mol. The van der Waals surface area contributed by atoms with Crippen LogP contribution in [0.4, 0.5) is 4.39 Å². The van der Waals surface area contributed by atoms with Gasteiger partial charge >= 0.3 is 0 Å². The lowest BCUT2D eigenvalue weighted by atomic mass is 10.3. The van der Waals surface area contributed by atoms with Gasteiger partial charge in [-0.2, -0.15) is 0 Å². The largest absolute Gasteiger partial charge is 0.372 e. The molecule has 2 rings (SSSR count). The number of ether oxygens (including phenoxy) is 1. The van der Waals surface area contributed by atoms with Gasteiger partial charge in [-0.1, -0.05) is 11.6 Å². The van der Waals surface area contributed by atoms with E-state index in [0.717, 1.165) is 12.1 Å². The average molecular weight is 251 g/mol. The summed E-state index contributed by atoms with van der Waals surface area (Å²) in [6.07, 6.45) is -0.223. The minimum atomic E-state index is -3.41. The molecule has 0 spiro atoms. The molecular weight excluding hydrogens is 243 g/mol. The first kappa shape index (κ1) is 10.9. The van der Waals surface area contributed by atoms with Crippen LogP contribution in [-0.2, 0) is 14.6 Å². The van der Waals surface area contributed by atoms with Crippen LogP contribution in [0.3, 0.4) is 0 Å². The molecule has 0 saturated carbocycles. The van der Waals surface area contributed by atoms with E-state index in [2.05, 4.69) is 0 Å². The summed E-state index contributed by atoms with van der Waals surface area (Å²) in [5, 5.41) is -0.187. The van der Waals surface area contributed by atoms with Crippen LogP contribution in [0, 0.1) is 5.82 Å². The van der Waals surface area contributed by atoms with Crippen molar-refractivity contribution in [3.63, 3.8) is 0 Å². The molecule has 1 aliphatic heterocycles. The topological polar surface area (TPSA) is 46.7 Å². The Morgan fingerprint density at radius 2 is 2.20 bits per heavy atom. The van der Waals surface area contributed by atoms with E-state index in [0.29, 0.717) is 6.61 Å². The quantitative estimate of drug-likeness (QED) is 0.605. The summed E-state index contributed by atoms with van der Waals surface area (Å²) < 4.78 is 41.0. The summed E-state index contributed by atoms with van der Waals surface area (Å²) in [5.74, 6) is -0.701. The predicted octanol–water partition coefficient (Wildman–Crippen LogP) is 1.65. The molecule has 1 fully saturated rings. The van der Waals surface area contributed by atoms with Crippen LogP contribution in [0.25, 0.3) is 0 Å². The lowest BCUT2D eigenvalue weighted by molar-refractivity contribution is 0.422. The zero-order valence-corrected chi connectivity index (χ0v) is 9.18. The fraction of sp³-hybridized carbons (Fsp3) is 0.333. The first-order valence-corrected chi connectivity index (χ1v) is 6.31. The average Bonchev–Trinajstić information content (AvgIpc) is 2.92. The van der Waals surface area contributed by atoms with Gasteiger partial charge in [0.25, 0.3) is 0 Å². The van der Waals surface area contributed by atoms with Gasteiger partial charge in [0.2, 0.25) is 0 Å². The second-order valence-corrected chi connectivity index (χ2v) is 5.75. The summed E-state index contributed by atoms with van der Waals surface area (Å²) in [4.78, 5) is 0.0319. The molecule has 0 N–H and O–H groups in total. The van der Waals surface area contributed by atoms with E-state index in [1.54, 1.807) is 0 Å². The number of hydrogen-bond donors (Lipinski definition) is 0. The number of benzene rings is 1. The molecule has 1 unspecified atom stereocenters. The van der Waals surface area contributed by atoms with Gasteiger partial charge in [-0.15, -0.1) is 0 Å². The van der Waals surface area contributed by atoms with E-state index < -0.39 is 15.7 Å². The molecule has 0 amide bonds. The summed E-state index contributed by atoms with van der Waals surface area (Å²) in [5.41, 5.74) is 0. The molecule has 1 heterocycles. The van der Waals surface area contributed by atoms with Crippen molar-refractivity contribution in [3.05, 3.63) is 29.0 Å². The molecule has 1 aliphatic rings. The molecule has 0 aliphatic carbocycles. The van der Waals surface area contributed by atoms with Crippen LogP contribution in [0.2, 0.25) is 5.02 Å². The summed E-state index contributed by atoms with van der Waals surface area (Å²) in [6.45, 7) is 0.466. The minimum absolute atomic E-state index is 0.0319. The fourth-order valence-electron chi connectivity index (χ4n) is 1.18. The van der Waals surface area contributed by atoms with E-state index in [1.807, 2.05) is 0 Å². The first-order valence-electron chi connectivity index (χ1n) is 4.28. The molecule has 6 heteroatoms. The Balaban J connectivity index is 2.31. The van der Waals surface area contributed by atoms with Gasteiger partial charge in [0.15, 0.2) is 9.84 Å². The van der Waals surface area contributed by atoms with Crippen molar-refractivity contribution in [1.29, 1.82) is 0 Å². The van der Waals surface area contributed by atoms with E-state index >= 15 is 0 Å². The summed E-state index contributed by atoms with van der Waals surface area (Å²) >= 11 is 5.50. The molecule has 1 atom stereocenters. The number of epoxide rings is 1. The molecule has 1 aromatic rings. The van der Waals surface area contributed by atoms with Crippen molar-refractivity contribution in [2.24, 2.45) is 0 Å². The van der Waals surface area contributed by atoms with Gasteiger partial charge < -0.3 is 4.74 Å².